The summed E-state index contributed by atoms with van der Waals surface area (Å²) in [7, 11) is 0. The van der Waals surface area contributed by atoms with E-state index in [1.165, 1.54) is 0 Å². The Morgan fingerprint density at radius 2 is 1.65 bits per heavy atom. The number of ether oxygens (including phenoxy) is 1. The van der Waals surface area contributed by atoms with Crippen molar-refractivity contribution in [3.63, 3.8) is 0 Å². The van der Waals surface area contributed by atoms with Crippen LogP contribution in [0.15, 0.2) is 60.9 Å². The van der Waals surface area contributed by atoms with Crippen molar-refractivity contribution in [1.82, 2.24) is 10.2 Å². The Balaban J connectivity index is 1.88. The second-order valence-corrected chi connectivity index (χ2v) is 5.64. The van der Waals surface area contributed by atoms with E-state index in [9.17, 15) is 0 Å². The van der Waals surface area contributed by atoms with Gasteiger partial charge in [-0.3, -0.25) is 5.10 Å². The van der Waals surface area contributed by atoms with Crippen LogP contribution < -0.4 is 5.73 Å². The molecule has 0 saturated heterocycles. The molecule has 1 unspecified atom stereocenters. The first-order valence-electron chi connectivity index (χ1n) is 7.44. The summed E-state index contributed by atoms with van der Waals surface area (Å²) in [5.41, 5.74) is 9.89. The highest BCUT2D eigenvalue weighted by Gasteiger charge is 2.15. The van der Waals surface area contributed by atoms with E-state index in [0.29, 0.717) is 18.2 Å². The second kappa shape index (κ2) is 7.42. The summed E-state index contributed by atoms with van der Waals surface area (Å²) in [6.07, 6.45) is 3.52. The average molecular weight is 328 g/mol. The lowest BCUT2D eigenvalue weighted by molar-refractivity contribution is 0.0864. The molecule has 1 atom stereocenters. The zero-order valence-corrected chi connectivity index (χ0v) is 13.3. The maximum absolute atomic E-state index is 5.97. The molecule has 23 heavy (non-hydrogen) atoms. The van der Waals surface area contributed by atoms with Gasteiger partial charge in [0.25, 0.3) is 0 Å². The van der Waals surface area contributed by atoms with Gasteiger partial charge in [-0.05, 0) is 28.8 Å². The quantitative estimate of drug-likeness (QED) is 0.724. The molecule has 1 heterocycles. The first-order chi connectivity index (χ1) is 11.3. The SMILES string of the molecule is NCCOC(c1ccc(Cl)cc1)c1ccc(-c2cn[nH]c2)cc1. The van der Waals surface area contributed by atoms with Gasteiger partial charge in [-0.2, -0.15) is 5.10 Å². The fourth-order valence-electron chi connectivity index (χ4n) is 2.47. The van der Waals surface area contributed by atoms with E-state index in [2.05, 4.69) is 34.5 Å². The topological polar surface area (TPSA) is 63.9 Å². The highest BCUT2D eigenvalue weighted by Crippen LogP contribution is 2.29. The second-order valence-electron chi connectivity index (χ2n) is 5.20. The third-order valence-electron chi connectivity index (χ3n) is 3.62. The van der Waals surface area contributed by atoms with Gasteiger partial charge in [0.2, 0.25) is 0 Å². The number of nitrogens with one attached hydrogen (secondary N) is 1. The summed E-state index contributed by atoms with van der Waals surface area (Å²) in [4.78, 5) is 0. The summed E-state index contributed by atoms with van der Waals surface area (Å²) in [6, 6.07) is 16.0. The van der Waals surface area contributed by atoms with Crippen molar-refractivity contribution in [1.29, 1.82) is 0 Å². The van der Waals surface area contributed by atoms with Gasteiger partial charge in [-0.25, -0.2) is 0 Å². The molecule has 3 aromatic rings. The monoisotopic (exact) mass is 327 g/mol. The van der Waals surface area contributed by atoms with Crippen LogP contribution in [0.3, 0.4) is 0 Å². The number of halogens is 1. The van der Waals surface area contributed by atoms with Crippen LogP contribution in [0.25, 0.3) is 11.1 Å². The van der Waals surface area contributed by atoms with Crippen LogP contribution in [0.1, 0.15) is 17.2 Å². The van der Waals surface area contributed by atoms with Crippen molar-refractivity contribution in [3.05, 3.63) is 77.1 Å². The molecule has 0 aliphatic carbocycles. The van der Waals surface area contributed by atoms with E-state index in [0.717, 1.165) is 22.3 Å². The lowest BCUT2D eigenvalue weighted by atomic mass is 9.99. The van der Waals surface area contributed by atoms with Crippen LogP contribution >= 0.6 is 11.6 Å². The smallest absolute Gasteiger partial charge is 0.108 e. The van der Waals surface area contributed by atoms with Gasteiger partial charge in [0, 0.05) is 23.3 Å². The molecule has 0 aliphatic rings. The molecule has 4 nitrogen and oxygen atoms in total. The van der Waals surface area contributed by atoms with E-state index in [1.807, 2.05) is 30.5 Å². The van der Waals surface area contributed by atoms with Gasteiger partial charge >= 0.3 is 0 Å². The standard InChI is InChI=1S/C18H18ClN3O/c19-17-7-5-15(6-8-17)18(23-10-9-20)14-3-1-13(2-4-14)16-11-21-22-12-16/h1-8,11-12,18H,9-10,20H2,(H,21,22). The minimum Gasteiger partial charge on any atom is -0.367 e. The number of nitrogens with two attached hydrogens (primary N) is 1. The molecular weight excluding hydrogens is 310 g/mol. The van der Waals surface area contributed by atoms with Gasteiger partial charge in [0.05, 0.1) is 12.8 Å². The molecule has 0 spiro atoms. The largest absolute Gasteiger partial charge is 0.367 e. The molecule has 1 aromatic heterocycles. The number of benzene rings is 2. The van der Waals surface area contributed by atoms with Crippen molar-refractivity contribution < 1.29 is 4.74 Å². The van der Waals surface area contributed by atoms with Crippen molar-refractivity contribution in [2.45, 2.75) is 6.10 Å². The number of aromatic amines is 1. The molecule has 3 N–H and O–H groups in total. The van der Waals surface area contributed by atoms with Crippen LogP contribution in [-0.4, -0.2) is 23.3 Å². The minimum atomic E-state index is -0.158. The van der Waals surface area contributed by atoms with Gasteiger partial charge < -0.3 is 10.5 Å². The average Bonchev–Trinajstić information content (AvgIpc) is 3.12. The van der Waals surface area contributed by atoms with E-state index in [1.54, 1.807) is 6.20 Å². The Labute approximate surface area is 140 Å². The summed E-state index contributed by atoms with van der Waals surface area (Å²) in [5.74, 6) is 0. The van der Waals surface area contributed by atoms with E-state index < -0.39 is 0 Å². The summed E-state index contributed by atoms with van der Waals surface area (Å²) >= 11 is 5.97. The molecule has 0 aliphatic heterocycles. The third kappa shape index (κ3) is 3.79. The first-order valence-corrected chi connectivity index (χ1v) is 7.82. The van der Waals surface area contributed by atoms with E-state index in [-0.39, 0.29) is 6.10 Å². The molecule has 0 saturated carbocycles. The van der Waals surface area contributed by atoms with Crippen LogP contribution in [0.4, 0.5) is 0 Å². The van der Waals surface area contributed by atoms with Gasteiger partial charge in [0.1, 0.15) is 6.10 Å². The van der Waals surface area contributed by atoms with Gasteiger partial charge in [-0.15, -0.1) is 0 Å². The number of aromatic nitrogens is 2. The molecule has 3 rings (SSSR count). The van der Waals surface area contributed by atoms with Crippen LogP contribution in [0.5, 0.6) is 0 Å². The highest BCUT2D eigenvalue weighted by molar-refractivity contribution is 6.30. The number of hydrogen-bond acceptors (Lipinski definition) is 3. The number of H-pyrrole nitrogens is 1. The fourth-order valence-corrected chi connectivity index (χ4v) is 2.59. The Morgan fingerprint density at radius 1 is 1.00 bits per heavy atom. The van der Waals surface area contributed by atoms with Crippen LogP contribution in [-0.2, 0) is 4.74 Å². The summed E-state index contributed by atoms with van der Waals surface area (Å²) in [5, 5.41) is 7.51. The molecule has 0 fully saturated rings. The maximum Gasteiger partial charge on any atom is 0.108 e. The summed E-state index contributed by atoms with van der Waals surface area (Å²) < 4.78 is 5.95. The number of rotatable bonds is 6. The van der Waals surface area contributed by atoms with E-state index in [4.69, 9.17) is 22.1 Å². The maximum atomic E-state index is 5.97. The normalized spacial score (nSPS) is 12.3. The first kappa shape index (κ1) is 15.7. The zero-order chi connectivity index (χ0) is 16.1. The summed E-state index contributed by atoms with van der Waals surface area (Å²) in [6.45, 7) is 0.980. The van der Waals surface area contributed by atoms with Crippen molar-refractivity contribution in [2.75, 3.05) is 13.2 Å². The lowest BCUT2D eigenvalue weighted by Crippen LogP contribution is -2.13. The van der Waals surface area contributed by atoms with Gasteiger partial charge in [-0.1, -0.05) is 48.0 Å². The lowest BCUT2D eigenvalue weighted by Gasteiger charge is -2.19. The van der Waals surface area contributed by atoms with Crippen molar-refractivity contribution in [3.8, 4) is 11.1 Å². The minimum absolute atomic E-state index is 0.158. The molecular formula is C18H18ClN3O. The Morgan fingerprint density at radius 3 is 2.22 bits per heavy atom. The van der Waals surface area contributed by atoms with Crippen LogP contribution in [0.2, 0.25) is 5.02 Å². The predicted octanol–water partition coefficient (Wildman–Crippen LogP) is 3.79. The Hall–Kier alpha value is -2.14. The van der Waals surface area contributed by atoms with Crippen molar-refractivity contribution in [2.24, 2.45) is 5.73 Å². The predicted molar refractivity (Wildman–Crippen MR) is 92.3 cm³/mol. The van der Waals surface area contributed by atoms with Crippen LogP contribution in [0, 0.1) is 0 Å². The Kier molecular flexibility index (Phi) is 5.08. The third-order valence-corrected chi connectivity index (χ3v) is 3.87. The molecule has 118 valence electrons. The van der Waals surface area contributed by atoms with Crippen molar-refractivity contribution >= 4 is 11.6 Å². The molecule has 0 bridgehead atoms. The fraction of sp³-hybridized carbons (Fsp3) is 0.167. The van der Waals surface area contributed by atoms with E-state index >= 15 is 0 Å². The highest BCUT2D eigenvalue weighted by atomic mass is 35.5. The number of nitrogens with zero attached hydrogens (tertiary/aromatic N) is 1. The van der Waals surface area contributed by atoms with Gasteiger partial charge in [0.15, 0.2) is 0 Å². The zero-order valence-electron chi connectivity index (χ0n) is 12.6. The molecule has 0 radical (unpaired) electrons. The molecule has 2 aromatic carbocycles. The Bertz CT molecular complexity index is 724. The molecule has 5 heteroatoms. The molecule has 0 amide bonds. The number of hydrogen-bond donors (Lipinski definition) is 2.